The minimum absolute atomic E-state index is 0.0258. The number of nitro groups is 1. The van der Waals surface area contributed by atoms with E-state index in [0.29, 0.717) is 0 Å². The Morgan fingerprint density at radius 2 is 2.00 bits per heavy atom. The van der Waals surface area contributed by atoms with E-state index < -0.39 is 10.8 Å². The Hall–Kier alpha value is -2.67. The highest BCUT2D eigenvalue weighted by Gasteiger charge is 2.20. The predicted molar refractivity (Wildman–Crippen MR) is 97.1 cm³/mol. The van der Waals surface area contributed by atoms with Gasteiger partial charge in [-0.3, -0.25) is 14.9 Å². The van der Waals surface area contributed by atoms with E-state index in [-0.39, 0.29) is 22.8 Å². The molecule has 0 saturated heterocycles. The molecule has 0 aliphatic rings. The number of carbonyl (C=O) groups excluding carboxylic acids is 1. The highest BCUT2D eigenvalue weighted by molar-refractivity contribution is 6.31. The van der Waals surface area contributed by atoms with Crippen molar-refractivity contribution in [1.82, 2.24) is 10.3 Å². The minimum Gasteiger partial charge on any atom is -0.357 e. The summed E-state index contributed by atoms with van der Waals surface area (Å²) in [5, 5.41) is 13.9. The van der Waals surface area contributed by atoms with Gasteiger partial charge < -0.3 is 10.2 Å². The van der Waals surface area contributed by atoms with Crippen molar-refractivity contribution >= 4 is 29.0 Å². The number of benzene rings is 1. The molecule has 1 aromatic carbocycles. The highest BCUT2D eigenvalue weighted by atomic mass is 35.5. The number of hydrogen-bond acceptors (Lipinski definition) is 5. The van der Waals surface area contributed by atoms with E-state index in [1.807, 2.05) is 12.1 Å². The molecule has 2 aromatic rings. The number of carbonyl (C=O) groups is 1. The van der Waals surface area contributed by atoms with Crippen LogP contribution in [0.2, 0.25) is 5.02 Å². The monoisotopic (exact) mass is 362 g/mol. The molecule has 1 amide bonds. The van der Waals surface area contributed by atoms with E-state index in [0.717, 1.165) is 30.5 Å². The van der Waals surface area contributed by atoms with Crippen LogP contribution in [-0.4, -0.2) is 28.9 Å². The molecule has 1 aromatic heterocycles. The molecule has 0 atom stereocenters. The molecule has 25 heavy (non-hydrogen) atoms. The number of nitro benzene ring substituents is 1. The first-order valence-corrected chi connectivity index (χ1v) is 8.26. The van der Waals surface area contributed by atoms with Crippen LogP contribution in [-0.2, 0) is 6.54 Å². The van der Waals surface area contributed by atoms with Gasteiger partial charge in [-0.2, -0.15) is 0 Å². The van der Waals surface area contributed by atoms with Gasteiger partial charge in [-0.1, -0.05) is 17.7 Å². The lowest BCUT2D eigenvalue weighted by molar-refractivity contribution is -0.385. The zero-order valence-corrected chi connectivity index (χ0v) is 14.8. The fourth-order valence-electron chi connectivity index (χ4n) is 2.38. The largest absolute Gasteiger partial charge is 0.357 e. The van der Waals surface area contributed by atoms with Crippen molar-refractivity contribution in [2.75, 3.05) is 18.0 Å². The number of rotatable bonds is 7. The van der Waals surface area contributed by atoms with Gasteiger partial charge in [-0.25, -0.2) is 4.98 Å². The summed E-state index contributed by atoms with van der Waals surface area (Å²) in [7, 11) is 0. The maximum atomic E-state index is 12.2. The third-order valence-electron chi connectivity index (χ3n) is 3.75. The quantitative estimate of drug-likeness (QED) is 0.602. The van der Waals surface area contributed by atoms with E-state index in [1.165, 1.54) is 12.1 Å². The third kappa shape index (κ3) is 4.67. The third-order valence-corrected chi connectivity index (χ3v) is 3.99. The van der Waals surface area contributed by atoms with Gasteiger partial charge in [0.05, 0.1) is 4.92 Å². The predicted octanol–water partition coefficient (Wildman–Crippen LogP) is 3.42. The van der Waals surface area contributed by atoms with Gasteiger partial charge in [-0.15, -0.1) is 0 Å². The summed E-state index contributed by atoms with van der Waals surface area (Å²) in [4.78, 5) is 29.2. The highest BCUT2D eigenvalue weighted by Crippen LogP contribution is 2.23. The van der Waals surface area contributed by atoms with Gasteiger partial charge >= 0.3 is 0 Å². The molecule has 2 rings (SSSR count). The second-order valence-corrected chi connectivity index (χ2v) is 5.73. The van der Waals surface area contributed by atoms with Crippen LogP contribution in [0.15, 0.2) is 36.5 Å². The molecule has 0 saturated carbocycles. The average Bonchev–Trinajstić information content (AvgIpc) is 2.61. The molecular formula is C17H19ClN4O3. The van der Waals surface area contributed by atoms with E-state index >= 15 is 0 Å². The van der Waals surface area contributed by atoms with Crippen molar-refractivity contribution in [1.29, 1.82) is 0 Å². The van der Waals surface area contributed by atoms with Crippen LogP contribution < -0.4 is 10.2 Å². The molecule has 0 unspecified atom stereocenters. The number of halogens is 1. The Morgan fingerprint density at radius 3 is 2.56 bits per heavy atom. The molecule has 132 valence electrons. The van der Waals surface area contributed by atoms with Crippen molar-refractivity contribution in [3.05, 3.63) is 62.8 Å². The molecule has 0 aliphatic carbocycles. The van der Waals surface area contributed by atoms with Crippen LogP contribution in [0.3, 0.4) is 0 Å². The lowest BCUT2D eigenvalue weighted by Crippen LogP contribution is -2.24. The summed E-state index contributed by atoms with van der Waals surface area (Å²) >= 11 is 5.75. The van der Waals surface area contributed by atoms with Crippen molar-refractivity contribution in [3.63, 3.8) is 0 Å². The van der Waals surface area contributed by atoms with E-state index in [4.69, 9.17) is 11.6 Å². The number of amides is 1. The number of nitrogens with one attached hydrogen (secondary N) is 1. The first-order chi connectivity index (χ1) is 12.0. The molecule has 0 bridgehead atoms. The Balaban J connectivity index is 2.06. The number of hydrogen-bond donors (Lipinski definition) is 1. The lowest BCUT2D eigenvalue weighted by atomic mass is 10.1. The van der Waals surface area contributed by atoms with Crippen LogP contribution >= 0.6 is 11.6 Å². The maximum Gasteiger partial charge on any atom is 0.283 e. The zero-order valence-electron chi connectivity index (χ0n) is 14.0. The van der Waals surface area contributed by atoms with Gasteiger partial charge in [0.15, 0.2) is 0 Å². The van der Waals surface area contributed by atoms with Crippen LogP contribution in [0.4, 0.5) is 11.5 Å². The molecular weight excluding hydrogens is 344 g/mol. The van der Waals surface area contributed by atoms with E-state index in [9.17, 15) is 14.9 Å². The first-order valence-electron chi connectivity index (χ1n) is 7.88. The Kier molecular flexibility index (Phi) is 6.30. The smallest absolute Gasteiger partial charge is 0.283 e. The maximum absolute atomic E-state index is 12.2. The van der Waals surface area contributed by atoms with E-state index in [2.05, 4.69) is 29.0 Å². The first kappa shape index (κ1) is 18.7. The normalized spacial score (nSPS) is 10.4. The molecule has 0 spiro atoms. The summed E-state index contributed by atoms with van der Waals surface area (Å²) in [5.41, 5.74) is 0.461. The second-order valence-electron chi connectivity index (χ2n) is 5.30. The number of pyridine rings is 1. The summed E-state index contributed by atoms with van der Waals surface area (Å²) in [6.07, 6.45) is 1.68. The zero-order chi connectivity index (χ0) is 18.4. The van der Waals surface area contributed by atoms with Gasteiger partial charge in [0.2, 0.25) is 0 Å². The molecule has 0 radical (unpaired) electrons. The van der Waals surface area contributed by atoms with Crippen molar-refractivity contribution in [2.24, 2.45) is 0 Å². The SMILES string of the molecule is CCN(CC)c1ccc(CNC(=O)c2ccc(Cl)cc2[N+](=O)[O-])cn1. The van der Waals surface area contributed by atoms with Gasteiger partial charge in [0.25, 0.3) is 11.6 Å². The Bertz CT molecular complexity index is 761. The molecule has 0 aliphatic heterocycles. The van der Waals surface area contributed by atoms with Gasteiger partial charge in [-0.05, 0) is 37.6 Å². The number of anilines is 1. The standard InChI is InChI=1S/C17H19ClN4O3/c1-3-21(4-2)16-8-5-12(10-19-16)11-20-17(23)14-7-6-13(18)9-15(14)22(24)25/h5-10H,3-4,11H2,1-2H3,(H,20,23). The molecule has 0 fully saturated rings. The van der Waals surface area contributed by atoms with Crippen LogP contribution in [0.25, 0.3) is 0 Å². The molecule has 1 heterocycles. The number of aromatic nitrogens is 1. The van der Waals surface area contributed by atoms with Crippen molar-refractivity contribution in [2.45, 2.75) is 20.4 Å². The Labute approximate surface area is 150 Å². The van der Waals surface area contributed by atoms with Crippen LogP contribution in [0, 0.1) is 10.1 Å². The summed E-state index contributed by atoms with van der Waals surface area (Å²) in [6.45, 7) is 6.06. The van der Waals surface area contributed by atoms with Crippen LogP contribution in [0.1, 0.15) is 29.8 Å². The fourth-order valence-corrected chi connectivity index (χ4v) is 2.55. The summed E-state index contributed by atoms with van der Waals surface area (Å²) < 4.78 is 0. The van der Waals surface area contributed by atoms with Crippen LogP contribution in [0.5, 0.6) is 0 Å². The minimum atomic E-state index is -0.624. The van der Waals surface area contributed by atoms with Gasteiger partial charge in [0.1, 0.15) is 11.4 Å². The summed E-state index contributed by atoms with van der Waals surface area (Å²) in [6, 6.07) is 7.72. The van der Waals surface area contributed by atoms with E-state index in [1.54, 1.807) is 6.20 Å². The molecule has 8 heteroatoms. The van der Waals surface area contributed by atoms with Crippen molar-refractivity contribution < 1.29 is 9.72 Å². The average molecular weight is 363 g/mol. The molecule has 7 nitrogen and oxygen atoms in total. The van der Waals surface area contributed by atoms with Gasteiger partial charge in [0, 0.05) is 36.9 Å². The van der Waals surface area contributed by atoms with Crippen molar-refractivity contribution in [3.8, 4) is 0 Å². The lowest BCUT2D eigenvalue weighted by Gasteiger charge is -2.19. The fraction of sp³-hybridized carbons (Fsp3) is 0.294. The molecule has 1 N–H and O–H groups in total. The Morgan fingerprint density at radius 1 is 1.28 bits per heavy atom. The summed E-state index contributed by atoms with van der Waals surface area (Å²) in [5.74, 6) is 0.338. The second kappa shape index (κ2) is 8.43. The number of nitrogens with zero attached hydrogens (tertiary/aromatic N) is 3. The topological polar surface area (TPSA) is 88.4 Å².